The monoisotopic (exact) mass is 315 g/mol. The minimum absolute atomic E-state index is 0.270. The van der Waals surface area contributed by atoms with Crippen molar-refractivity contribution in [3.8, 4) is 0 Å². The van der Waals surface area contributed by atoms with E-state index in [0.29, 0.717) is 25.0 Å². The van der Waals surface area contributed by atoms with E-state index in [1.165, 1.54) is 16.7 Å². The van der Waals surface area contributed by atoms with Gasteiger partial charge in [-0.25, -0.2) is 4.79 Å². The van der Waals surface area contributed by atoms with Crippen molar-refractivity contribution < 1.29 is 9.53 Å². The number of aryl methyl sites for hydroxylation is 1. The quantitative estimate of drug-likeness (QED) is 0.785. The largest absolute Gasteiger partial charge is 0.449 e. The summed E-state index contributed by atoms with van der Waals surface area (Å²) in [6.45, 7) is 11.9. The van der Waals surface area contributed by atoms with Crippen molar-refractivity contribution in [3.05, 3.63) is 47.0 Å². The van der Waals surface area contributed by atoms with Gasteiger partial charge in [0, 0.05) is 13.0 Å². The van der Waals surface area contributed by atoms with Crippen molar-refractivity contribution in [2.75, 3.05) is 13.2 Å². The third-order valence-corrected chi connectivity index (χ3v) is 4.82. The predicted molar refractivity (Wildman–Crippen MR) is 94.4 cm³/mol. The lowest BCUT2D eigenvalue weighted by Crippen LogP contribution is -2.28. The van der Waals surface area contributed by atoms with Crippen molar-refractivity contribution in [2.24, 2.45) is 17.3 Å². The zero-order chi connectivity index (χ0) is 17.0. The molecule has 1 aliphatic rings. The van der Waals surface area contributed by atoms with Gasteiger partial charge in [0.1, 0.15) is 0 Å². The van der Waals surface area contributed by atoms with Gasteiger partial charge in [-0.05, 0) is 43.6 Å². The summed E-state index contributed by atoms with van der Waals surface area (Å²) < 4.78 is 5.28. The Morgan fingerprint density at radius 1 is 1.35 bits per heavy atom. The molecular weight excluding hydrogens is 286 g/mol. The van der Waals surface area contributed by atoms with Gasteiger partial charge in [0.25, 0.3) is 0 Å². The van der Waals surface area contributed by atoms with Crippen LogP contribution in [0.25, 0.3) is 0 Å². The van der Waals surface area contributed by atoms with E-state index in [-0.39, 0.29) is 11.5 Å². The molecule has 2 rings (SSSR count). The molecule has 0 bridgehead atoms. The third kappa shape index (κ3) is 4.85. The number of allylic oxidation sites excluding steroid dienone is 2. The van der Waals surface area contributed by atoms with Crippen molar-refractivity contribution >= 4 is 6.09 Å². The fourth-order valence-corrected chi connectivity index (χ4v) is 3.24. The van der Waals surface area contributed by atoms with Gasteiger partial charge in [-0.1, -0.05) is 55.3 Å². The third-order valence-electron chi connectivity index (χ3n) is 4.82. The summed E-state index contributed by atoms with van der Waals surface area (Å²) in [5, 5.41) is 2.91. The molecule has 1 fully saturated rings. The van der Waals surface area contributed by atoms with Gasteiger partial charge in [-0.15, -0.1) is 0 Å². The lowest BCUT2D eigenvalue weighted by atomic mass is 10.1. The number of amides is 1. The van der Waals surface area contributed by atoms with Crippen LogP contribution in [0.1, 0.15) is 38.8 Å². The van der Waals surface area contributed by atoms with Gasteiger partial charge in [0.15, 0.2) is 0 Å². The lowest BCUT2D eigenvalue weighted by molar-refractivity contribution is 0.146. The predicted octanol–water partition coefficient (Wildman–Crippen LogP) is 4.50. The van der Waals surface area contributed by atoms with Crippen LogP contribution in [0.15, 0.2) is 35.9 Å². The molecular formula is C20H29NO2. The molecule has 0 aromatic heterocycles. The average molecular weight is 315 g/mol. The van der Waals surface area contributed by atoms with E-state index in [2.05, 4.69) is 64.2 Å². The van der Waals surface area contributed by atoms with E-state index in [1.54, 1.807) is 0 Å². The molecule has 0 saturated heterocycles. The Labute approximate surface area is 140 Å². The fourth-order valence-electron chi connectivity index (χ4n) is 3.24. The van der Waals surface area contributed by atoms with Gasteiger partial charge in [0.05, 0.1) is 6.61 Å². The van der Waals surface area contributed by atoms with E-state index < -0.39 is 0 Å². The molecule has 1 aromatic rings. The minimum Gasteiger partial charge on any atom is -0.449 e. The second-order valence-electron chi connectivity index (χ2n) is 7.45. The number of carbonyl (C=O) groups excluding carboxylic acids is 1. The van der Waals surface area contributed by atoms with Crippen LogP contribution in [0.4, 0.5) is 4.79 Å². The topological polar surface area (TPSA) is 38.3 Å². The molecule has 3 nitrogen and oxygen atoms in total. The molecule has 1 aromatic carbocycles. The summed E-state index contributed by atoms with van der Waals surface area (Å²) in [7, 11) is 0. The first kappa shape index (κ1) is 17.6. The first-order valence-corrected chi connectivity index (χ1v) is 8.42. The highest BCUT2D eigenvalue weighted by Crippen LogP contribution is 2.58. The summed E-state index contributed by atoms with van der Waals surface area (Å²) in [5.41, 5.74) is 4.04. The zero-order valence-corrected chi connectivity index (χ0v) is 15.0. The van der Waals surface area contributed by atoms with Crippen LogP contribution in [0, 0.1) is 24.2 Å². The molecule has 0 spiro atoms. The van der Waals surface area contributed by atoms with Crippen molar-refractivity contribution in [3.63, 3.8) is 0 Å². The van der Waals surface area contributed by atoms with Gasteiger partial charge in [-0.2, -0.15) is 0 Å². The van der Waals surface area contributed by atoms with E-state index in [4.69, 9.17) is 4.74 Å². The maximum atomic E-state index is 11.8. The number of ether oxygens (including phenoxy) is 1. The van der Waals surface area contributed by atoms with Gasteiger partial charge in [0.2, 0.25) is 0 Å². The number of alkyl carbamates (subject to hydrolysis) is 1. The van der Waals surface area contributed by atoms with Crippen LogP contribution < -0.4 is 5.32 Å². The summed E-state index contributed by atoms with van der Waals surface area (Å²) in [4.78, 5) is 11.8. The van der Waals surface area contributed by atoms with Crippen molar-refractivity contribution in [2.45, 2.75) is 41.0 Å². The summed E-state index contributed by atoms with van der Waals surface area (Å²) in [6.07, 6.45) is 2.76. The zero-order valence-electron chi connectivity index (χ0n) is 15.0. The van der Waals surface area contributed by atoms with E-state index in [9.17, 15) is 4.79 Å². The standard InChI is InChI=1S/C20H29NO2/c1-14(2)11-17-18(20(17,4)5)13-21-19(22)23-10-9-16-8-6-7-15(3)12-16/h6-8,11-12,17-18H,9-10,13H2,1-5H3,(H,21,22). The molecule has 1 saturated carbocycles. The van der Waals surface area contributed by atoms with Crippen LogP contribution >= 0.6 is 0 Å². The average Bonchev–Trinajstić information content (AvgIpc) is 2.96. The van der Waals surface area contributed by atoms with Gasteiger partial charge < -0.3 is 10.1 Å². The normalized spacial score (nSPS) is 21.4. The Morgan fingerprint density at radius 3 is 2.74 bits per heavy atom. The van der Waals surface area contributed by atoms with E-state index in [0.717, 1.165) is 6.42 Å². The summed E-state index contributed by atoms with van der Waals surface area (Å²) >= 11 is 0. The Balaban J connectivity index is 1.69. The van der Waals surface area contributed by atoms with Crippen molar-refractivity contribution in [1.82, 2.24) is 5.32 Å². The Hall–Kier alpha value is -1.77. The number of hydrogen-bond acceptors (Lipinski definition) is 2. The van der Waals surface area contributed by atoms with Crippen LogP contribution in [0.5, 0.6) is 0 Å². The van der Waals surface area contributed by atoms with Crippen LogP contribution in [0.3, 0.4) is 0 Å². The highest BCUT2D eigenvalue weighted by Gasteiger charge is 2.55. The second kappa shape index (κ2) is 7.20. The smallest absolute Gasteiger partial charge is 0.407 e. The fraction of sp³-hybridized carbons (Fsp3) is 0.550. The molecule has 1 N–H and O–H groups in total. The van der Waals surface area contributed by atoms with Gasteiger partial charge in [-0.3, -0.25) is 0 Å². The van der Waals surface area contributed by atoms with Crippen molar-refractivity contribution in [1.29, 1.82) is 0 Å². The number of rotatable bonds is 6. The molecule has 23 heavy (non-hydrogen) atoms. The van der Waals surface area contributed by atoms with E-state index >= 15 is 0 Å². The second-order valence-corrected chi connectivity index (χ2v) is 7.45. The number of hydrogen-bond donors (Lipinski definition) is 1. The SMILES string of the molecule is CC(C)=CC1C(CNC(=O)OCCc2cccc(C)c2)C1(C)C. The maximum absolute atomic E-state index is 11.8. The Kier molecular flexibility index (Phi) is 5.51. The number of nitrogens with one attached hydrogen (secondary N) is 1. The molecule has 3 heteroatoms. The molecule has 126 valence electrons. The van der Waals surface area contributed by atoms with Crippen LogP contribution in [-0.4, -0.2) is 19.2 Å². The maximum Gasteiger partial charge on any atom is 0.407 e. The van der Waals surface area contributed by atoms with Crippen LogP contribution in [-0.2, 0) is 11.2 Å². The van der Waals surface area contributed by atoms with Crippen LogP contribution in [0.2, 0.25) is 0 Å². The summed E-state index contributed by atoms with van der Waals surface area (Å²) in [5.74, 6) is 1.06. The minimum atomic E-state index is -0.309. The molecule has 2 unspecified atom stereocenters. The highest BCUT2D eigenvalue weighted by molar-refractivity contribution is 5.67. The first-order chi connectivity index (χ1) is 10.8. The molecule has 1 aliphatic carbocycles. The summed E-state index contributed by atoms with van der Waals surface area (Å²) in [6, 6.07) is 8.28. The molecule has 0 heterocycles. The Morgan fingerprint density at radius 2 is 2.09 bits per heavy atom. The lowest BCUT2D eigenvalue weighted by Gasteiger charge is -2.08. The Bertz CT molecular complexity index is 585. The molecule has 0 aliphatic heterocycles. The highest BCUT2D eigenvalue weighted by atomic mass is 16.5. The number of benzene rings is 1. The first-order valence-electron chi connectivity index (χ1n) is 8.42. The van der Waals surface area contributed by atoms with E-state index in [1.807, 2.05) is 6.07 Å². The molecule has 2 atom stereocenters. The molecule has 1 amide bonds. The van der Waals surface area contributed by atoms with Gasteiger partial charge >= 0.3 is 6.09 Å². The number of carbonyl (C=O) groups is 1. The molecule has 0 radical (unpaired) electrons.